The van der Waals surface area contributed by atoms with Gasteiger partial charge in [-0.25, -0.2) is 0 Å². The summed E-state index contributed by atoms with van der Waals surface area (Å²) in [4.78, 5) is 12.9. The molecule has 0 aromatic heterocycles. The van der Waals surface area contributed by atoms with E-state index >= 15 is 0 Å². The average molecular weight is 419 g/mol. The van der Waals surface area contributed by atoms with E-state index in [0.717, 1.165) is 17.2 Å². The third kappa shape index (κ3) is 2.93. The Balaban J connectivity index is 2.30. The predicted octanol–water partition coefficient (Wildman–Crippen LogP) is 4.92. The Bertz CT molecular complexity index is 900. The summed E-state index contributed by atoms with van der Waals surface area (Å²) in [6.07, 6.45) is 1.26. The highest BCUT2D eigenvalue weighted by molar-refractivity contribution is 9.12. The molecule has 0 bridgehead atoms. The molecule has 1 atom stereocenters. The minimum absolute atomic E-state index is 0.184. The number of carbonyl (C=O) groups is 1. The summed E-state index contributed by atoms with van der Waals surface area (Å²) in [5, 5.41) is 13.4. The van der Waals surface area contributed by atoms with Crippen molar-refractivity contribution in [3.05, 3.63) is 51.7 Å². The van der Waals surface area contributed by atoms with Gasteiger partial charge in [-0.2, -0.15) is 0 Å². The maximum Gasteiger partial charge on any atom is 0.203 e. The maximum absolute atomic E-state index is 12.9. The first-order valence-corrected chi connectivity index (χ1v) is 9.45. The number of hydrogen-bond acceptors (Lipinski definition) is 4. The van der Waals surface area contributed by atoms with Gasteiger partial charge in [-0.3, -0.25) is 4.79 Å². The number of rotatable bonds is 5. The van der Waals surface area contributed by atoms with E-state index in [9.17, 15) is 9.90 Å². The van der Waals surface area contributed by atoms with Gasteiger partial charge in [0.2, 0.25) is 5.78 Å². The standard InChI is InChI=1S/C21H23BrO4/c1-12(2)8-9-21(24)16-11-14-13(6-5-7-17(14)25-3)10-15(16)19(23)18(22)20(21)26-4/h5-7,10-12,24H,8-9H2,1-4H3/t21-/m1/s1. The molecule has 0 saturated carbocycles. The summed E-state index contributed by atoms with van der Waals surface area (Å²) in [5.74, 6) is 1.20. The first-order chi connectivity index (χ1) is 12.3. The Labute approximate surface area is 161 Å². The van der Waals surface area contributed by atoms with Crippen LogP contribution in [0.3, 0.4) is 0 Å². The second kappa shape index (κ2) is 7.05. The zero-order valence-electron chi connectivity index (χ0n) is 15.4. The van der Waals surface area contributed by atoms with Crippen molar-refractivity contribution in [2.45, 2.75) is 32.3 Å². The third-order valence-electron chi connectivity index (χ3n) is 4.95. The van der Waals surface area contributed by atoms with Crippen LogP contribution >= 0.6 is 15.9 Å². The molecular weight excluding hydrogens is 396 g/mol. The summed E-state index contributed by atoms with van der Waals surface area (Å²) < 4.78 is 11.2. The molecule has 1 aliphatic carbocycles. The van der Waals surface area contributed by atoms with Gasteiger partial charge in [-0.05, 0) is 58.3 Å². The van der Waals surface area contributed by atoms with Gasteiger partial charge in [0.15, 0.2) is 0 Å². The molecule has 3 rings (SSSR count). The number of allylic oxidation sites excluding steroid dienone is 1. The molecule has 0 aliphatic heterocycles. The van der Waals surface area contributed by atoms with Crippen LogP contribution in [0, 0.1) is 5.92 Å². The van der Waals surface area contributed by atoms with E-state index in [0.29, 0.717) is 29.2 Å². The second-order valence-corrected chi connectivity index (χ2v) is 7.84. The van der Waals surface area contributed by atoms with E-state index in [1.807, 2.05) is 30.3 Å². The number of ketones is 1. The summed E-state index contributed by atoms with van der Waals surface area (Å²) in [6.45, 7) is 4.21. The van der Waals surface area contributed by atoms with Gasteiger partial charge in [0, 0.05) is 16.5 Å². The molecule has 0 unspecified atom stereocenters. The van der Waals surface area contributed by atoms with Gasteiger partial charge in [0.1, 0.15) is 21.6 Å². The van der Waals surface area contributed by atoms with Crippen LogP contribution in [-0.2, 0) is 10.3 Å². The Morgan fingerprint density at radius 2 is 1.92 bits per heavy atom. The summed E-state index contributed by atoms with van der Waals surface area (Å²) in [6, 6.07) is 9.37. The van der Waals surface area contributed by atoms with Crippen molar-refractivity contribution in [3.8, 4) is 5.75 Å². The highest BCUT2D eigenvalue weighted by Gasteiger charge is 2.45. The number of methoxy groups -OCH3 is 2. The van der Waals surface area contributed by atoms with Crippen LogP contribution < -0.4 is 4.74 Å². The van der Waals surface area contributed by atoms with Gasteiger partial charge in [-0.15, -0.1) is 0 Å². The number of fused-ring (bicyclic) bond motifs is 2. The van der Waals surface area contributed by atoms with Crippen molar-refractivity contribution in [2.75, 3.05) is 14.2 Å². The first-order valence-electron chi connectivity index (χ1n) is 8.66. The molecule has 0 saturated heterocycles. The molecule has 0 amide bonds. The van der Waals surface area contributed by atoms with Crippen LogP contribution in [0.5, 0.6) is 5.75 Å². The van der Waals surface area contributed by atoms with E-state index in [1.54, 1.807) is 7.11 Å². The zero-order chi connectivity index (χ0) is 19.1. The number of hydrogen-bond donors (Lipinski definition) is 1. The Hall–Kier alpha value is -1.85. The fourth-order valence-corrected chi connectivity index (χ4v) is 4.24. The SMILES string of the molecule is COC1=C(Br)C(=O)c2cc3cccc(OC)c3cc2[C@]1(O)CCC(C)C. The van der Waals surface area contributed by atoms with Crippen LogP contribution in [0.2, 0.25) is 0 Å². The lowest BCUT2D eigenvalue weighted by Crippen LogP contribution is -2.36. The fraction of sp³-hybridized carbons (Fsp3) is 0.381. The number of carbonyl (C=O) groups excluding carboxylic acids is 1. The van der Waals surface area contributed by atoms with E-state index in [-0.39, 0.29) is 16.0 Å². The number of aliphatic hydroxyl groups is 1. The molecule has 0 heterocycles. The molecule has 0 radical (unpaired) electrons. The van der Waals surface area contributed by atoms with Crippen molar-refractivity contribution in [3.63, 3.8) is 0 Å². The largest absolute Gasteiger partial charge is 0.496 e. The van der Waals surface area contributed by atoms with E-state index in [4.69, 9.17) is 9.47 Å². The van der Waals surface area contributed by atoms with Crippen molar-refractivity contribution in [2.24, 2.45) is 5.92 Å². The normalized spacial score (nSPS) is 19.9. The van der Waals surface area contributed by atoms with E-state index in [1.165, 1.54) is 7.11 Å². The topological polar surface area (TPSA) is 55.8 Å². The van der Waals surface area contributed by atoms with Crippen molar-refractivity contribution in [1.82, 2.24) is 0 Å². The molecule has 2 aromatic carbocycles. The van der Waals surface area contributed by atoms with Crippen molar-refractivity contribution in [1.29, 1.82) is 0 Å². The Morgan fingerprint density at radius 1 is 1.19 bits per heavy atom. The van der Waals surface area contributed by atoms with E-state index in [2.05, 4.69) is 29.8 Å². The molecule has 138 valence electrons. The molecular formula is C21H23BrO4. The summed E-state index contributed by atoms with van der Waals surface area (Å²) in [5.41, 5.74) is -0.305. The molecule has 1 aliphatic rings. The summed E-state index contributed by atoms with van der Waals surface area (Å²) >= 11 is 3.35. The van der Waals surface area contributed by atoms with Crippen LogP contribution in [0.25, 0.3) is 10.8 Å². The molecule has 0 spiro atoms. The Morgan fingerprint density at radius 3 is 2.54 bits per heavy atom. The first kappa shape index (κ1) is 18.9. The smallest absolute Gasteiger partial charge is 0.203 e. The van der Waals surface area contributed by atoms with Gasteiger partial charge in [0.05, 0.1) is 14.2 Å². The minimum Gasteiger partial charge on any atom is -0.496 e. The number of Topliss-reactive ketones (excluding diaryl/α,β-unsaturated/α-hetero) is 1. The predicted molar refractivity (Wildman–Crippen MR) is 106 cm³/mol. The van der Waals surface area contributed by atoms with Crippen LogP contribution in [0.15, 0.2) is 40.6 Å². The van der Waals surface area contributed by atoms with Crippen LogP contribution in [0.1, 0.15) is 42.6 Å². The quantitative estimate of drug-likeness (QED) is 0.748. The number of halogens is 1. The minimum atomic E-state index is -1.36. The molecule has 1 N–H and O–H groups in total. The number of ether oxygens (including phenoxy) is 2. The van der Waals surface area contributed by atoms with Gasteiger partial charge in [-0.1, -0.05) is 26.0 Å². The van der Waals surface area contributed by atoms with Crippen LogP contribution in [-0.4, -0.2) is 25.1 Å². The average Bonchev–Trinajstić information content (AvgIpc) is 2.63. The molecule has 5 heteroatoms. The van der Waals surface area contributed by atoms with Crippen LogP contribution in [0.4, 0.5) is 0 Å². The lowest BCUT2D eigenvalue weighted by atomic mass is 9.77. The lowest BCUT2D eigenvalue weighted by molar-refractivity contribution is 0.00374. The highest BCUT2D eigenvalue weighted by atomic mass is 79.9. The van der Waals surface area contributed by atoms with Gasteiger partial charge < -0.3 is 14.6 Å². The molecule has 26 heavy (non-hydrogen) atoms. The van der Waals surface area contributed by atoms with E-state index < -0.39 is 5.60 Å². The lowest BCUT2D eigenvalue weighted by Gasteiger charge is -2.36. The van der Waals surface area contributed by atoms with Gasteiger partial charge in [0.25, 0.3) is 0 Å². The molecule has 2 aromatic rings. The third-order valence-corrected chi connectivity index (χ3v) is 5.67. The molecule has 0 fully saturated rings. The zero-order valence-corrected chi connectivity index (χ0v) is 17.0. The monoisotopic (exact) mass is 418 g/mol. The Kier molecular flexibility index (Phi) is 5.13. The second-order valence-electron chi connectivity index (χ2n) is 7.05. The fourth-order valence-electron chi connectivity index (χ4n) is 3.53. The van der Waals surface area contributed by atoms with Crippen molar-refractivity contribution < 1.29 is 19.4 Å². The molecule has 4 nitrogen and oxygen atoms in total. The maximum atomic E-state index is 12.9. The van der Waals surface area contributed by atoms with Crippen molar-refractivity contribution >= 4 is 32.5 Å². The number of benzene rings is 2. The van der Waals surface area contributed by atoms with Gasteiger partial charge >= 0.3 is 0 Å². The highest BCUT2D eigenvalue weighted by Crippen LogP contribution is 2.46. The summed E-state index contributed by atoms with van der Waals surface area (Å²) in [7, 11) is 3.10.